The van der Waals surface area contributed by atoms with Gasteiger partial charge in [-0.1, -0.05) is 60.1 Å². The van der Waals surface area contributed by atoms with Crippen LogP contribution in [0, 0.1) is 50.2 Å². The molecule has 11 N–H and O–H groups in total. The summed E-state index contributed by atoms with van der Waals surface area (Å²) in [4.78, 5) is 14.7. The Labute approximate surface area is 387 Å². The van der Waals surface area contributed by atoms with Crippen LogP contribution in [0.5, 0.6) is 0 Å². The molecule has 0 aromatic carbocycles. The van der Waals surface area contributed by atoms with Crippen LogP contribution >= 0.6 is 0 Å². The van der Waals surface area contributed by atoms with Gasteiger partial charge in [-0.2, -0.15) is 0 Å². The van der Waals surface area contributed by atoms with Gasteiger partial charge in [-0.3, -0.25) is 4.79 Å². The highest BCUT2D eigenvalue weighted by Gasteiger charge is 2.70. The lowest BCUT2D eigenvalue weighted by atomic mass is 9.33. The molecule has 0 radical (unpaired) electrons. The number of hydrogen-bond acceptors (Lipinski definition) is 18. The SMILES string of the molecule is CC1(C)CC[C@]2(C(=O)O[C@@H]3O[C@H](CO)[C@@H](O)[C@H](O)[C@H]3O)CC[C@]3(C)C(=CC[C@@H]4[C@@]5(C)CC[C@H](O[C@H]6O[C@H](CO)[C@@H](O)[C@H](O[C@@H]7O[C@H](CO)[C@@H](O)[C@H](O)[C@H]7O)[C@H]6O)C(C)(C)[C@@H]5CC[C@]43C)[C@@H]2C1. The molecule has 3 heterocycles. The van der Waals surface area contributed by atoms with Crippen molar-refractivity contribution in [2.75, 3.05) is 19.8 Å². The zero-order chi connectivity index (χ0) is 48.3. The number of ether oxygens (including phenoxy) is 6. The number of allylic oxidation sites excluding steroid dienone is 2. The predicted molar refractivity (Wildman–Crippen MR) is 230 cm³/mol. The van der Waals surface area contributed by atoms with Gasteiger partial charge >= 0.3 is 5.97 Å². The van der Waals surface area contributed by atoms with Crippen LogP contribution in [0.3, 0.4) is 0 Å². The third-order valence-corrected chi connectivity index (χ3v) is 19.3. The predicted octanol–water partition coefficient (Wildman–Crippen LogP) is 0.141. The normalized spacial score (nSPS) is 53.3. The van der Waals surface area contributed by atoms with Crippen molar-refractivity contribution in [3.8, 4) is 0 Å². The van der Waals surface area contributed by atoms with E-state index in [-0.39, 0.29) is 39.4 Å². The van der Waals surface area contributed by atoms with E-state index < -0.39 is 135 Å². The zero-order valence-electron chi connectivity index (χ0n) is 39.5. The molecule has 5 aliphatic carbocycles. The minimum absolute atomic E-state index is 0.0581. The largest absolute Gasteiger partial charge is 0.432 e. The van der Waals surface area contributed by atoms with E-state index in [1.807, 2.05) is 0 Å². The van der Waals surface area contributed by atoms with Crippen LogP contribution in [0.4, 0.5) is 0 Å². The van der Waals surface area contributed by atoms with Crippen molar-refractivity contribution in [2.45, 2.75) is 211 Å². The van der Waals surface area contributed by atoms with E-state index in [1.165, 1.54) is 5.57 Å². The Morgan fingerprint density at radius 1 is 0.606 bits per heavy atom. The van der Waals surface area contributed by atoms with Gasteiger partial charge in [-0.05, 0) is 109 Å². The molecule has 0 aromatic heterocycles. The van der Waals surface area contributed by atoms with Crippen LogP contribution in [0.15, 0.2) is 11.6 Å². The molecule has 3 aliphatic heterocycles. The standard InChI is InChI=1S/C48H78O18/c1-43(2)14-16-48(42(60)66-40-36(58)34(56)31(53)25(20-50)62-40)17-15-46(6)22(23(48)18-43)8-9-28-45(5)12-11-29(44(3,4)27(45)10-13-47(28,46)7)64-41-37(59)38(32(54)26(21-51)63-41)65-39-35(57)33(55)30(52)24(19-49)61-39/h8,23-41,49-59H,9-21H2,1-7H3/t23-,24+,25+,26+,27-,28+,29-,30+,31+,32+,33-,34-,35+,36+,37+,38-,39-,40-,41+,45-,46+,47+,48-/m0/s1. The number of carbonyl (C=O) groups excluding carboxylic acids is 1. The number of fused-ring (bicyclic) bond motifs is 7. The van der Waals surface area contributed by atoms with Crippen molar-refractivity contribution in [3.63, 3.8) is 0 Å². The molecular weight excluding hydrogens is 865 g/mol. The summed E-state index contributed by atoms with van der Waals surface area (Å²) >= 11 is 0. The summed E-state index contributed by atoms with van der Waals surface area (Å²) in [7, 11) is 0. The lowest BCUT2D eigenvalue weighted by molar-refractivity contribution is -0.369. The lowest BCUT2D eigenvalue weighted by Gasteiger charge is -2.71. The minimum Gasteiger partial charge on any atom is -0.432 e. The van der Waals surface area contributed by atoms with Gasteiger partial charge in [0.15, 0.2) is 12.6 Å². The molecule has 0 aromatic rings. The average molecular weight is 943 g/mol. The maximum Gasteiger partial charge on any atom is 0.315 e. The fraction of sp³-hybridized carbons (Fsp3) is 0.938. The van der Waals surface area contributed by atoms with Crippen LogP contribution < -0.4 is 0 Å². The van der Waals surface area contributed by atoms with Gasteiger partial charge in [-0.25, -0.2) is 0 Å². The van der Waals surface area contributed by atoms with E-state index in [2.05, 4.69) is 54.5 Å². The van der Waals surface area contributed by atoms with E-state index in [9.17, 15) is 61.0 Å². The lowest BCUT2D eigenvalue weighted by Crippen LogP contribution is -2.67. The highest BCUT2D eigenvalue weighted by Crippen LogP contribution is 2.76. The second kappa shape index (κ2) is 18.0. The first kappa shape index (κ1) is 50.9. The molecule has 378 valence electrons. The van der Waals surface area contributed by atoms with Crippen molar-refractivity contribution in [2.24, 2.45) is 50.2 Å². The fourth-order valence-corrected chi connectivity index (χ4v) is 15.0. The molecule has 7 fully saturated rings. The fourth-order valence-electron chi connectivity index (χ4n) is 15.0. The van der Waals surface area contributed by atoms with Crippen molar-refractivity contribution >= 4 is 5.97 Å². The number of hydrogen-bond donors (Lipinski definition) is 11. The maximum atomic E-state index is 14.7. The Balaban J connectivity index is 1.02. The molecule has 0 amide bonds. The van der Waals surface area contributed by atoms with Gasteiger partial charge in [0.1, 0.15) is 73.2 Å². The molecule has 66 heavy (non-hydrogen) atoms. The van der Waals surface area contributed by atoms with Gasteiger partial charge in [0.25, 0.3) is 0 Å². The van der Waals surface area contributed by atoms with E-state index in [0.29, 0.717) is 19.3 Å². The molecule has 0 bridgehead atoms. The molecule has 4 saturated carbocycles. The van der Waals surface area contributed by atoms with E-state index >= 15 is 0 Å². The Bertz CT molecular complexity index is 1790. The molecule has 0 unspecified atom stereocenters. The Morgan fingerprint density at radius 2 is 1.15 bits per heavy atom. The zero-order valence-corrected chi connectivity index (χ0v) is 39.5. The van der Waals surface area contributed by atoms with Gasteiger partial charge in [0.05, 0.1) is 31.3 Å². The van der Waals surface area contributed by atoms with Gasteiger partial charge in [0, 0.05) is 0 Å². The second-order valence-corrected chi connectivity index (χ2v) is 23.5. The first-order valence-electron chi connectivity index (χ1n) is 24.3. The maximum absolute atomic E-state index is 14.7. The van der Waals surface area contributed by atoms with Crippen molar-refractivity contribution < 1.29 is 89.4 Å². The first-order valence-corrected chi connectivity index (χ1v) is 24.3. The minimum atomic E-state index is -1.79. The van der Waals surface area contributed by atoms with Crippen molar-refractivity contribution in [1.29, 1.82) is 0 Å². The quantitative estimate of drug-likeness (QED) is 0.0833. The smallest absolute Gasteiger partial charge is 0.315 e. The Hall–Kier alpha value is -1.43. The average Bonchev–Trinajstić information content (AvgIpc) is 3.26. The van der Waals surface area contributed by atoms with E-state index in [1.54, 1.807) is 0 Å². The van der Waals surface area contributed by atoms with Crippen LogP contribution in [0.25, 0.3) is 0 Å². The highest BCUT2D eigenvalue weighted by atomic mass is 16.7. The monoisotopic (exact) mass is 943 g/mol. The number of aliphatic hydroxyl groups is 11. The summed E-state index contributed by atoms with van der Waals surface area (Å²) in [5.41, 5.74) is -0.674. The Kier molecular flexibility index (Phi) is 13.9. The van der Waals surface area contributed by atoms with E-state index in [0.717, 1.165) is 44.9 Å². The summed E-state index contributed by atoms with van der Waals surface area (Å²) in [6.45, 7) is 14.1. The summed E-state index contributed by atoms with van der Waals surface area (Å²) in [5.74, 6) is -0.189. The number of carbonyl (C=O) groups is 1. The molecule has 0 spiro atoms. The number of esters is 1. The van der Waals surface area contributed by atoms with E-state index in [4.69, 9.17) is 28.4 Å². The Morgan fingerprint density at radius 3 is 1.76 bits per heavy atom. The van der Waals surface area contributed by atoms with Crippen LogP contribution in [-0.4, -0.2) is 180 Å². The summed E-state index contributed by atoms with van der Waals surface area (Å²) in [5, 5.41) is 116. The summed E-state index contributed by atoms with van der Waals surface area (Å²) in [6.07, 6.45) is -13.7. The molecule has 23 atom stereocenters. The van der Waals surface area contributed by atoms with Crippen molar-refractivity contribution in [3.05, 3.63) is 11.6 Å². The third kappa shape index (κ3) is 7.87. The first-order chi connectivity index (χ1) is 30.9. The second-order valence-electron chi connectivity index (χ2n) is 23.5. The molecule has 18 nitrogen and oxygen atoms in total. The van der Waals surface area contributed by atoms with Crippen LogP contribution in [-0.2, 0) is 33.2 Å². The van der Waals surface area contributed by atoms with Gasteiger partial charge < -0.3 is 84.6 Å². The summed E-state index contributed by atoms with van der Waals surface area (Å²) < 4.78 is 35.7. The molecule has 8 aliphatic rings. The molecule has 3 saturated heterocycles. The molecular formula is C48H78O18. The molecule has 8 rings (SSSR count). The molecule has 18 heteroatoms. The number of aliphatic hydroxyl groups excluding tert-OH is 11. The van der Waals surface area contributed by atoms with Crippen LogP contribution in [0.1, 0.15) is 113 Å². The van der Waals surface area contributed by atoms with Crippen molar-refractivity contribution in [1.82, 2.24) is 0 Å². The van der Waals surface area contributed by atoms with Gasteiger partial charge in [-0.15, -0.1) is 0 Å². The topological polar surface area (TPSA) is 295 Å². The number of rotatable bonds is 9. The highest BCUT2D eigenvalue weighted by molar-refractivity contribution is 5.79. The third-order valence-electron chi connectivity index (χ3n) is 19.3. The van der Waals surface area contributed by atoms with Crippen LogP contribution in [0.2, 0.25) is 0 Å². The van der Waals surface area contributed by atoms with Gasteiger partial charge in [0.2, 0.25) is 6.29 Å². The summed E-state index contributed by atoms with van der Waals surface area (Å²) in [6, 6.07) is 0.